The average Bonchev–Trinajstić information content (AvgIpc) is 2.68. The van der Waals surface area contributed by atoms with Gasteiger partial charge in [-0.2, -0.15) is 0 Å². The lowest BCUT2D eigenvalue weighted by molar-refractivity contribution is 0.287. The van der Waals surface area contributed by atoms with Gasteiger partial charge in [0, 0.05) is 23.7 Å². The molecule has 0 saturated heterocycles. The molecule has 0 aliphatic carbocycles. The first kappa shape index (κ1) is 13.8. The van der Waals surface area contributed by atoms with Crippen molar-refractivity contribution in [2.45, 2.75) is 26.5 Å². The van der Waals surface area contributed by atoms with Gasteiger partial charge in [0.05, 0.1) is 0 Å². The normalized spacial score (nSPS) is 12.5. The number of aromatic nitrogens is 3. The van der Waals surface area contributed by atoms with E-state index in [1.54, 1.807) is 6.07 Å². The molecule has 0 aliphatic heterocycles. The summed E-state index contributed by atoms with van der Waals surface area (Å²) in [4.78, 5) is 0. The van der Waals surface area contributed by atoms with Crippen molar-refractivity contribution in [3.05, 3.63) is 40.4 Å². The second kappa shape index (κ2) is 5.59. The Hall–Kier alpha value is -1.59. The van der Waals surface area contributed by atoms with Crippen LogP contribution in [0, 0.1) is 6.92 Å². The van der Waals surface area contributed by atoms with Gasteiger partial charge in [-0.25, -0.2) is 0 Å². The molecular formula is C13H17ClN4O. The molecule has 2 rings (SSSR count). The fourth-order valence-electron chi connectivity index (χ4n) is 1.73. The van der Waals surface area contributed by atoms with Crippen LogP contribution >= 0.6 is 11.6 Å². The largest absolute Gasteiger partial charge is 0.485 e. The lowest BCUT2D eigenvalue weighted by Crippen LogP contribution is -2.10. The van der Waals surface area contributed by atoms with Crippen LogP contribution in [0.3, 0.4) is 0 Å². The van der Waals surface area contributed by atoms with E-state index in [1.165, 1.54) is 0 Å². The van der Waals surface area contributed by atoms with Crippen LogP contribution in [0.4, 0.5) is 0 Å². The van der Waals surface area contributed by atoms with E-state index in [4.69, 9.17) is 22.1 Å². The molecule has 0 radical (unpaired) electrons. The zero-order valence-electron chi connectivity index (χ0n) is 11.2. The minimum Gasteiger partial charge on any atom is -0.485 e. The minimum atomic E-state index is -0.144. The van der Waals surface area contributed by atoms with Gasteiger partial charge in [-0.1, -0.05) is 11.6 Å². The molecule has 6 heteroatoms. The molecule has 1 unspecified atom stereocenters. The summed E-state index contributed by atoms with van der Waals surface area (Å²) in [6.07, 6.45) is 0. The summed E-state index contributed by atoms with van der Waals surface area (Å²) in [7, 11) is 1.91. The second-order valence-corrected chi connectivity index (χ2v) is 4.92. The maximum Gasteiger partial charge on any atom is 0.170 e. The molecule has 2 N–H and O–H groups in total. The highest BCUT2D eigenvalue weighted by atomic mass is 35.5. The summed E-state index contributed by atoms with van der Waals surface area (Å²) in [5.74, 6) is 2.34. The number of ether oxygens (including phenoxy) is 1. The number of halogens is 1. The Morgan fingerprint density at radius 2 is 2.16 bits per heavy atom. The predicted octanol–water partition coefficient (Wildman–Crippen LogP) is 2.38. The van der Waals surface area contributed by atoms with E-state index in [9.17, 15) is 0 Å². The van der Waals surface area contributed by atoms with Gasteiger partial charge >= 0.3 is 0 Å². The molecule has 1 atom stereocenters. The van der Waals surface area contributed by atoms with E-state index in [0.29, 0.717) is 11.6 Å². The van der Waals surface area contributed by atoms with Gasteiger partial charge in [-0.05, 0) is 32.0 Å². The van der Waals surface area contributed by atoms with Gasteiger partial charge in [-0.15, -0.1) is 10.2 Å². The Bertz CT molecular complexity index is 580. The topological polar surface area (TPSA) is 66.0 Å². The first-order valence-electron chi connectivity index (χ1n) is 6.01. The summed E-state index contributed by atoms with van der Waals surface area (Å²) < 4.78 is 7.66. The summed E-state index contributed by atoms with van der Waals surface area (Å²) in [5.41, 5.74) is 6.80. The van der Waals surface area contributed by atoms with Crippen LogP contribution in [0.5, 0.6) is 5.75 Å². The van der Waals surface area contributed by atoms with Gasteiger partial charge in [0.15, 0.2) is 5.82 Å². The van der Waals surface area contributed by atoms with Gasteiger partial charge in [-0.3, -0.25) is 0 Å². The SMILES string of the molecule is Cc1nnc(COc2ccc(Cl)cc2C(C)N)n1C. The van der Waals surface area contributed by atoms with Crippen LogP contribution in [0.25, 0.3) is 0 Å². The quantitative estimate of drug-likeness (QED) is 0.934. The number of nitrogens with zero attached hydrogens (tertiary/aromatic N) is 3. The van der Waals surface area contributed by atoms with Crippen molar-refractivity contribution in [1.82, 2.24) is 14.8 Å². The van der Waals surface area contributed by atoms with E-state index >= 15 is 0 Å². The van der Waals surface area contributed by atoms with Crippen LogP contribution in [-0.4, -0.2) is 14.8 Å². The van der Waals surface area contributed by atoms with Crippen molar-refractivity contribution in [1.29, 1.82) is 0 Å². The summed E-state index contributed by atoms with van der Waals surface area (Å²) in [5, 5.41) is 8.69. The van der Waals surface area contributed by atoms with Crippen molar-refractivity contribution in [3.8, 4) is 5.75 Å². The molecule has 5 nitrogen and oxygen atoms in total. The average molecular weight is 281 g/mol. The molecule has 0 aliphatic rings. The Balaban J connectivity index is 2.17. The number of hydrogen-bond acceptors (Lipinski definition) is 4. The predicted molar refractivity (Wildman–Crippen MR) is 74.1 cm³/mol. The Morgan fingerprint density at radius 1 is 1.42 bits per heavy atom. The minimum absolute atomic E-state index is 0.144. The first-order chi connectivity index (χ1) is 8.99. The molecule has 1 aromatic heterocycles. The van der Waals surface area contributed by atoms with Gasteiger partial charge in [0.1, 0.15) is 18.2 Å². The highest BCUT2D eigenvalue weighted by Gasteiger charge is 2.11. The standard InChI is InChI=1S/C13H17ClN4O/c1-8(15)11-6-10(14)4-5-12(11)19-7-13-17-16-9(2)18(13)3/h4-6,8H,7,15H2,1-3H3. The molecule has 0 bridgehead atoms. The number of nitrogens with two attached hydrogens (primary N) is 1. The van der Waals surface area contributed by atoms with E-state index in [1.807, 2.05) is 37.6 Å². The molecule has 0 amide bonds. The molecule has 0 fully saturated rings. The van der Waals surface area contributed by atoms with E-state index in [0.717, 1.165) is 23.0 Å². The fourth-order valence-corrected chi connectivity index (χ4v) is 1.91. The van der Waals surface area contributed by atoms with E-state index < -0.39 is 0 Å². The van der Waals surface area contributed by atoms with Gasteiger partial charge < -0.3 is 15.0 Å². The summed E-state index contributed by atoms with van der Waals surface area (Å²) in [6, 6.07) is 5.29. The first-order valence-corrected chi connectivity index (χ1v) is 6.39. The summed E-state index contributed by atoms with van der Waals surface area (Å²) >= 11 is 5.97. The molecule has 0 spiro atoms. The lowest BCUT2D eigenvalue weighted by atomic mass is 10.1. The van der Waals surface area contributed by atoms with E-state index in [-0.39, 0.29) is 6.04 Å². The maximum absolute atomic E-state index is 5.97. The third-order valence-corrected chi connectivity index (χ3v) is 3.24. The van der Waals surface area contributed by atoms with Crippen LogP contribution in [0.15, 0.2) is 18.2 Å². The zero-order valence-corrected chi connectivity index (χ0v) is 12.0. The number of benzene rings is 1. The third-order valence-electron chi connectivity index (χ3n) is 3.00. The number of aryl methyl sites for hydroxylation is 1. The van der Waals surface area contributed by atoms with E-state index in [2.05, 4.69) is 10.2 Å². The lowest BCUT2D eigenvalue weighted by Gasteiger charge is -2.14. The summed E-state index contributed by atoms with van der Waals surface area (Å²) in [6.45, 7) is 4.13. The molecule has 1 heterocycles. The van der Waals surface area contributed by atoms with Crippen molar-refractivity contribution in [3.63, 3.8) is 0 Å². The highest BCUT2D eigenvalue weighted by molar-refractivity contribution is 6.30. The van der Waals surface area contributed by atoms with Crippen LogP contribution in [0.1, 0.15) is 30.2 Å². The van der Waals surface area contributed by atoms with Crippen LogP contribution in [0.2, 0.25) is 5.02 Å². The maximum atomic E-state index is 5.97. The van der Waals surface area contributed by atoms with Crippen LogP contribution < -0.4 is 10.5 Å². The molecule has 2 aromatic rings. The smallest absolute Gasteiger partial charge is 0.170 e. The second-order valence-electron chi connectivity index (χ2n) is 4.48. The highest BCUT2D eigenvalue weighted by Crippen LogP contribution is 2.27. The molecule has 0 saturated carbocycles. The zero-order chi connectivity index (χ0) is 14.0. The van der Waals surface area contributed by atoms with Crippen molar-refractivity contribution < 1.29 is 4.74 Å². The van der Waals surface area contributed by atoms with Gasteiger partial charge in [0.25, 0.3) is 0 Å². The van der Waals surface area contributed by atoms with Crippen LogP contribution in [-0.2, 0) is 13.7 Å². The fraction of sp³-hybridized carbons (Fsp3) is 0.385. The monoisotopic (exact) mass is 280 g/mol. The Kier molecular flexibility index (Phi) is 4.07. The third kappa shape index (κ3) is 3.05. The van der Waals surface area contributed by atoms with Crippen molar-refractivity contribution >= 4 is 11.6 Å². The molecule has 102 valence electrons. The molecule has 19 heavy (non-hydrogen) atoms. The van der Waals surface area contributed by atoms with Crippen molar-refractivity contribution in [2.75, 3.05) is 0 Å². The Morgan fingerprint density at radius 3 is 2.74 bits per heavy atom. The Labute approximate surface area is 117 Å². The van der Waals surface area contributed by atoms with Gasteiger partial charge in [0.2, 0.25) is 0 Å². The molecule has 1 aromatic carbocycles. The number of rotatable bonds is 4. The number of hydrogen-bond donors (Lipinski definition) is 1. The van der Waals surface area contributed by atoms with Crippen molar-refractivity contribution in [2.24, 2.45) is 12.8 Å². The molecular weight excluding hydrogens is 264 g/mol.